The number of benzene rings is 3. The first-order chi connectivity index (χ1) is 13.8. The SMILES string of the molecule is COCCOc1ccc(/C(=C(/CCCl)c2ccccc2)c2ccccc2)cc1. The third-order valence-corrected chi connectivity index (χ3v) is 4.72. The molecule has 0 aromatic heterocycles. The molecule has 0 saturated carbocycles. The fraction of sp³-hybridized carbons (Fsp3) is 0.200. The van der Waals surface area contributed by atoms with Crippen molar-refractivity contribution in [1.29, 1.82) is 0 Å². The van der Waals surface area contributed by atoms with E-state index in [1.165, 1.54) is 22.3 Å². The van der Waals surface area contributed by atoms with Crippen LogP contribution in [0.15, 0.2) is 84.9 Å². The van der Waals surface area contributed by atoms with E-state index in [2.05, 4.69) is 60.7 Å². The van der Waals surface area contributed by atoms with E-state index in [0.717, 1.165) is 17.7 Å². The third-order valence-electron chi connectivity index (χ3n) is 4.53. The predicted octanol–water partition coefficient (Wildman–Crippen LogP) is 6.30. The van der Waals surface area contributed by atoms with Crippen LogP contribution in [0, 0.1) is 0 Å². The van der Waals surface area contributed by atoms with Crippen molar-refractivity contribution in [3.8, 4) is 5.75 Å². The molecule has 3 rings (SSSR count). The van der Waals surface area contributed by atoms with Crippen LogP contribution in [0.2, 0.25) is 0 Å². The van der Waals surface area contributed by atoms with Gasteiger partial charge in [0.05, 0.1) is 6.61 Å². The van der Waals surface area contributed by atoms with Gasteiger partial charge in [-0.25, -0.2) is 0 Å². The number of halogens is 1. The molecule has 0 aliphatic heterocycles. The van der Waals surface area contributed by atoms with Crippen molar-refractivity contribution >= 4 is 22.7 Å². The normalized spacial score (nSPS) is 11.8. The third kappa shape index (κ3) is 5.25. The van der Waals surface area contributed by atoms with Crippen LogP contribution in [0.5, 0.6) is 5.75 Å². The fourth-order valence-electron chi connectivity index (χ4n) is 3.23. The topological polar surface area (TPSA) is 18.5 Å². The van der Waals surface area contributed by atoms with Gasteiger partial charge in [-0.15, -0.1) is 11.6 Å². The van der Waals surface area contributed by atoms with Gasteiger partial charge in [-0.05, 0) is 46.4 Å². The molecule has 0 bridgehead atoms. The fourth-order valence-corrected chi connectivity index (χ4v) is 3.42. The summed E-state index contributed by atoms with van der Waals surface area (Å²) in [5.41, 5.74) is 5.97. The molecule has 0 N–H and O–H groups in total. The largest absolute Gasteiger partial charge is 0.491 e. The van der Waals surface area contributed by atoms with E-state index in [0.29, 0.717) is 19.1 Å². The van der Waals surface area contributed by atoms with Crippen LogP contribution in [-0.2, 0) is 4.74 Å². The summed E-state index contributed by atoms with van der Waals surface area (Å²) in [6.07, 6.45) is 0.794. The van der Waals surface area contributed by atoms with E-state index in [-0.39, 0.29) is 0 Å². The molecule has 144 valence electrons. The second-order valence-electron chi connectivity index (χ2n) is 6.39. The zero-order valence-electron chi connectivity index (χ0n) is 16.1. The maximum atomic E-state index is 6.20. The van der Waals surface area contributed by atoms with Gasteiger partial charge < -0.3 is 9.47 Å². The van der Waals surface area contributed by atoms with Crippen molar-refractivity contribution < 1.29 is 9.47 Å². The molecular weight excluding hydrogens is 368 g/mol. The van der Waals surface area contributed by atoms with E-state index in [1.807, 2.05) is 24.3 Å². The molecule has 3 heteroatoms. The van der Waals surface area contributed by atoms with Crippen LogP contribution in [0.3, 0.4) is 0 Å². The Morgan fingerprint density at radius 3 is 1.86 bits per heavy atom. The van der Waals surface area contributed by atoms with Crippen molar-refractivity contribution in [3.63, 3.8) is 0 Å². The van der Waals surface area contributed by atoms with Crippen LogP contribution in [0.25, 0.3) is 11.1 Å². The Bertz CT molecular complexity index is 871. The first kappa shape index (κ1) is 20.2. The maximum Gasteiger partial charge on any atom is 0.119 e. The average Bonchev–Trinajstić information content (AvgIpc) is 2.76. The van der Waals surface area contributed by atoms with Crippen LogP contribution < -0.4 is 4.74 Å². The molecule has 3 aromatic carbocycles. The average molecular weight is 393 g/mol. The maximum absolute atomic E-state index is 6.20. The molecule has 2 nitrogen and oxygen atoms in total. The predicted molar refractivity (Wildman–Crippen MR) is 118 cm³/mol. The summed E-state index contributed by atoms with van der Waals surface area (Å²) in [5, 5.41) is 0. The molecule has 0 aliphatic carbocycles. The van der Waals surface area contributed by atoms with Crippen LogP contribution >= 0.6 is 11.6 Å². The number of hydrogen-bond donors (Lipinski definition) is 0. The molecule has 0 saturated heterocycles. The first-order valence-electron chi connectivity index (χ1n) is 9.45. The smallest absolute Gasteiger partial charge is 0.119 e. The molecule has 0 aliphatic rings. The number of methoxy groups -OCH3 is 1. The highest BCUT2D eigenvalue weighted by Gasteiger charge is 2.14. The minimum Gasteiger partial charge on any atom is -0.491 e. The number of hydrogen-bond acceptors (Lipinski definition) is 2. The van der Waals surface area contributed by atoms with E-state index in [9.17, 15) is 0 Å². The summed E-state index contributed by atoms with van der Waals surface area (Å²) in [6, 6.07) is 29.2. The molecule has 0 fully saturated rings. The monoisotopic (exact) mass is 392 g/mol. The van der Waals surface area contributed by atoms with Gasteiger partial charge in [0.2, 0.25) is 0 Å². The summed E-state index contributed by atoms with van der Waals surface area (Å²) in [5.74, 6) is 1.41. The second kappa shape index (κ2) is 10.7. The van der Waals surface area contributed by atoms with Crippen molar-refractivity contribution in [2.24, 2.45) is 0 Å². The Morgan fingerprint density at radius 1 is 0.714 bits per heavy atom. The number of rotatable bonds is 9. The summed E-state index contributed by atoms with van der Waals surface area (Å²) in [4.78, 5) is 0. The summed E-state index contributed by atoms with van der Waals surface area (Å²) in [6.45, 7) is 1.11. The molecule has 0 spiro atoms. The Morgan fingerprint density at radius 2 is 1.29 bits per heavy atom. The van der Waals surface area contributed by atoms with Crippen molar-refractivity contribution in [2.45, 2.75) is 6.42 Å². The van der Waals surface area contributed by atoms with E-state index in [4.69, 9.17) is 21.1 Å². The van der Waals surface area contributed by atoms with Gasteiger partial charge in [-0.2, -0.15) is 0 Å². The molecular formula is C25H25ClO2. The lowest BCUT2D eigenvalue weighted by atomic mass is 9.88. The van der Waals surface area contributed by atoms with Crippen LogP contribution in [0.4, 0.5) is 0 Å². The lowest BCUT2D eigenvalue weighted by Crippen LogP contribution is -2.04. The number of allylic oxidation sites excluding steroid dienone is 1. The Balaban J connectivity index is 2.07. The van der Waals surface area contributed by atoms with Gasteiger partial charge >= 0.3 is 0 Å². The van der Waals surface area contributed by atoms with E-state index in [1.54, 1.807) is 7.11 Å². The first-order valence-corrected chi connectivity index (χ1v) is 9.99. The molecule has 0 unspecified atom stereocenters. The molecule has 28 heavy (non-hydrogen) atoms. The highest BCUT2D eigenvalue weighted by atomic mass is 35.5. The lowest BCUT2D eigenvalue weighted by molar-refractivity contribution is 0.146. The minimum atomic E-state index is 0.540. The Kier molecular flexibility index (Phi) is 7.71. The molecule has 3 aromatic rings. The second-order valence-corrected chi connectivity index (χ2v) is 6.77. The van der Waals surface area contributed by atoms with Gasteiger partial charge in [-0.3, -0.25) is 0 Å². The zero-order valence-corrected chi connectivity index (χ0v) is 16.9. The number of ether oxygens (including phenoxy) is 2. The van der Waals surface area contributed by atoms with Gasteiger partial charge in [0.25, 0.3) is 0 Å². The van der Waals surface area contributed by atoms with E-state index < -0.39 is 0 Å². The van der Waals surface area contributed by atoms with Crippen LogP contribution in [0.1, 0.15) is 23.1 Å². The Hall–Kier alpha value is -2.55. The highest BCUT2D eigenvalue weighted by molar-refractivity contribution is 6.18. The summed E-state index contributed by atoms with van der Waals surface area (Å²) < 4.78 is 10.8. The Labute approximate surface area is 172 Å². The summed E-state index contributed by atoms with van der Waals surface area (Å²) in [7, 11) is 1.67. The van der Waals surface area contributed by atoms with Crippen molar-refractivity contribution in [2.75, 3.05) is 26.2 Å². The zero-order chi connectivity index (χ0) is 19.6. The molecule has 0 radical (unpaired) electrons. The highest BCUT2D eigenvalue weighted by Crippen LogP contribution is 2.35. The number of alkyl halides is 1. The van der Waals surface area contributed by atoms with Crippen molar-refractivity contribution in [1.82, 2.24) is 0 Å². The van der Waals surface area contributed by atoms with Crippen molar-refractivity contribution in [3.05, 3.63) is 102 Å². The quantitative estimate of drug-likeness (QED) is 0.241. The van der Waals surface area contributed by atoms with E-state index >= 15 is 0 Å². The molecule has 0 heterocycles. The molecule has 0 amide bonds. The van der Waals surface area contributed by atoms with Gasteiger partial charge in [0.1, 0.15) is 12.4 Å². The standard InChI is InChI=1S/C25H25ClO2/c1-27-18-19-28-23-14-12-22(13-15-23)25(21-10-6-3-7-11-21)24(16-17-26)20-8-4-2-5-9-20/h2-15H,16-19H2,1H3/b25-24-. The minimum absolute atomic E-state index is 0.540. The van der Waals surface area contributed by atoms with Crippen LogP contribution in [-0.4, -0.2) is 26.2 Å². The van der Waals surface area contributed by atoms with Gasteiger partial charge in [0, 0.05) is 13.0 Å². The van der Waals surface area contributed by atoms with Gasteiger partial charge in [0.15, 0.2) is 0 Å². The lowest BCUT2D eigenvalue weighted by Gasteiger charge is -2.17. The summed E-state index contributed by atoms with van der Waals surface area (Å²) >= 11 is 6.20. The van der Waals surface area contributed by atoms with Gasteiger partial charge in [-0.1, -0.05) is 72.8 Å². The molecule has 0 atom stereocenters.